The Morgan fingerprint density at radius 3 is 2.83 bits per heavy atom. The van der Waals surface area contributed by atoms with Gasteiger partial charge >= 0.3 is 4.87 Å². The third-order valence-electron chi connectivity index (χ3n) is 4.81. The summed E-state index contributed by atoms with van der Waals surface area (Å²) in [4.78, 5) is 26.6. The van der Waals surface area contributed by atoms with Gasteiger partial charge in [-0.1, -0.05) is 25.2 Å². The fourth-order valence-corrected chi connectivity index (χ4v) is 4.03. The van der Waals surface area contributed by atoms with E-state index in [0.717, 1.165) is 47.8 Å². The van der Waals surface area contributed by atoms with Gasteiger partial charge in [-0.3, -0.25) is 14.2 Å². The molecule has 3 heterocycles. The number of piperidine rings is 1. The fraction of sp³-hybridized carbons (Fsp3) is 0.556. The van der Waals surface area contributed by atoms with E-state index in [-0.39, 0.29) is 23.4 Å². The Kier molecular flexibility index (Phi) is 4.94. The van der Waals surface area contributed by atoms with Crippen LogP contribution in [0.3, 0.4) is 0 Å². The van der Waals surface area contributed by atoms with E-state index in [1.807, 2.05) is 24.0 Å². The van der Waals surface area contributed by atoms with Gasteiger partial charge < -0.3 is 9.32 Å². The molecule has 6 heteroatoms. The number of hydrogen-bond acceptors (Lipinski definition) is 4. The Bertz CT molecular complexity index is 773. The van der Waals surface area contributed by atoms with Crippen LogP contribution in [-0.4, -0.2) is 21.9 Å². The highest BCUT2D eigenvalue weighted by Crippen LogP contribution is 2.35. The van der Waals surface area contributed by atoms with Crippen molar-refractivity contribution in [3.63, 3.8) is 0 Å². The molecule has 0 bridgehead atoms. The number of thiazole rings is 1. The number of aromatic nitrogens is 1. The molecule has 0 unspecified atom stereocenters. The quantitative estimate of drug-likeness (QED) is 0.851. The zero-order chi connectivity index (χ0) is 17.3. The monoisotopic (exact) mass is 348 g/mol. The van der Waals surface area contributed by atoms with Gasteiger partial charge in [0.05, 0.1) is 6.04 Å². The van der Waals surface area contributed by atoms with Crippen LogP contribution in [-0.2, 0) is 17.8 Å². The Balaban J connectivity index is 1.83. The number of carbonyl (C=O) groups is 1. The Labute approximate surface area is 145 Å². The number of rotatable bonds is 4. The van der Waals surface area contributed by atoms with Crippen molar-refractivity contribution >= 4 is 17.2 Å². The van der Waals surface area contributed by atoms with Crippen LogP contribution in [0.5, 0.6) is 0 Å². The van der Waals surface area contributed by atoms with Crippen molar-refractivity contribution in [3.05, 3.63) is 44.4 Å². The van der Waals surface area contributed by atoms with Crippen LogP contribution in [0.4, 0.5) is 0 Å². The van der Waals surface area contributed by atoms with Crippen molar-refractivity contribution in [3.8, 4) is 0 Å². The number of carbonyl (C=O) groups excluding carboxylic acids is 1. The van der Waals surface area contributed by atoms with E-state index in [0.29, 0.717) is 12.5 Å². The van der Waals surface area contributed by atoms with Gasteiger partial charge in [0.2, 0.25) is 5.91 Å². The number of likely N-dealkylation sites (tertiary alicyclic amines) is 1. The summed E-state index contributed by atoms with van der Waals surface area (Å²) in [7, 11) is 0. The summed E-state index contributed by atoms with van der Waals surface area (Å²) >= 11 is 1.14. The normalized spacial score (nSPS) is 21.2. The average Bonchev–Trinajstić information content (AvgIpc) is 3.16. The fourth-order valence-electron chi connectivity index (χ4n) is 3.30. The molecule has 1 aliphatic heterocycles. The summed E-state index contributed by atoms with van der Waals surface area (Å²) in [5, 5.41) is 1.80. The van der Waals surface area contributed by atoms with Crippen molar-refractivity contribution in [2.24, 2.45) is 5.92 Å². The first-order chi connectivity index (χ1) is 11.5. The van der Waals surface area contributed by atoms with Crippen molar-refractivity contribution in [2.45, 2.75) is 52.6 Å². The number of hydrogen-bond donors (Lipinski definition) is 0. The van der Waals surface area contributed by atoms with Crippen LogP contribution in [0.1, 0.15) is 49.9 Å². The van der Waals surface area contributed by atoms with Crippen molar-refractivity contribution in [1.82, 2.24) is 9.47 Å². The predicted molar refractivity (Wildman–Crippen MR) is 94.3 cm³/mol. The number of amides is 1. The average molecular weight is 348 g/mol. The van der Waals surface area contributed by atoms with Crippen LogP contribution < -0.4 is 4.87 Å². The lowest BCUT2D eigenvalue weighted by atomic mass is 9.91. The van der Waals surface area contributed by atoms with Gasteiger partial charge in [-0.2, -0.15) is 0 Å². The SMILES string of the molecule is CCc1ccc([C@@H]2C[C@@H](C)CCN2C(=O)Cn2c(C)csc2=O)o1. The lowest BCUT2D eigenvalue weighted by Gasteiger charge is -2.37. The summed E-state index contributed by atoms with van der Waals surface area (Å²) < 4.78 is 7.48. The maximum Gasteiger partial charge on any atom is 0.307 e. The molecule has 5 nitrogen and oxygen atoms in total. The Morgan fingerprint density at radius 1 is 1.42 bits per heavy atom. The molecule has 24 heavy (non-hydrogen) atoms. The lowest BCUT2D eigenvalue weighted by Crippen LogP contribution is -2.43. The van der Waals surface area contributed by atoms with Crippen molar-refractivity contribution in [2.75, 3.05) is 6.54 Å². The number of furan rings is 1. The molecule has 0 radical (unpaired) electrons. The van der Waals surface area contributed by atoms with Crippen LogP contribution >= 0.6 is 11.3 Å². The molecular formula is C18H24N2O3S. The molecule has 2 aromatic rings. The summed E-state index contributed by atoms with van der Waals surface area (Å²) in [5.41, 5.74) is 0.839. The molecule has 0 aliphatic carbocycles. The van der Waals surface area contributed by atoms with E-state index in [1.54, 1.807) is 9.95 Å². The minimum Gasteiger partial charge on any atom is -0.464 e. The van der Waals surface area contributed by atoms with Gasteiger partial charge in [0.15, 0.2) is 0 Å². The molecule has 0 N–H and O–H groups in total. The first kappa shape index (κ1) is 17.0. The summed E-state index contributed by atoms with van der Waals surface area (Å²) in [6.07, 6.45) is 2.74. The van der Waals surface area contributed by atoms with Gasteiger partial charge in [0.1, 0.15) is 18.1 Å². The largest absolute Gasteiger partial charge is 0.464 e. The minimum absolute atomic E-state index is 0.00931. The van der Waals surface area contributed by atoms with E-state index in [2.05, 4.69) is 13.8 Å². The van der Waals surface area contributed by atoms with E-state index >= 15 is 0 Å². The van der Waals surface area contributed by atoms with Crippen LogP contribution in [0, 0.1) is 12.8 Å². The summed E-state index contributed by atoms with van der Waals surface area (Å²) in [6, 6.07) is 3.95. The zero-order valence-electron chi connectivity index (χ0n) is 14.4. The minimum atomic E-state index is -0.0750. The second-order valence-electron chi connectivity index (χ2n) is 6.62. The highest BCUT2D eigenvalue weighted by atomic mass is 32.1. The molecule has 0 aromatic carbocycles. The second kappa shape index (κ2) is 6.97. The first-order valence-electron chi connectivity index (χ1n) is 8.52. The molecule has 0 spiro atoms. The van der Waals surface area contributed by atoms with Crippen molar-refractivity contribution < 1.29 is 9.21 Å². The summed E-state index contributed by atoms with van der Waals surface area (Å²) in [6.45, 7) is 6.96. The van der Waals surface area contributed by atoms with E-state index in [9.17, 15) is 9.59 Å². The van der Waals surface area contributed by atoms with Crippen LogP contribution in [0.15, 0.2) is 26.7 Å². The standard InChI is InChI=1S/C18H24N2O3S/c1-4-14-5-6-16(23-14)15-9-12(2)7-8-19(15)17(21)10-20-13(3)11-24-18(20)22/h5-6,11-12,15H,4,7-10H2,1-3H3/t12-,15-/m0/s1. The van der Waals surface area contributed by atoms with E-state index in [4.69, 9.17) is 4.42 Å². The van der Waals surface area contributed by atoms with Crippen LogP contribution in [0.2, 0.25) is 0 Å². The summed E-state index contributed by atoms with van der Waals surface area (Å²) in [5.74, 6) is 2.35. The third kappa shape index (κ3) is 3.34. The number of nitrogens with zero attached hydrogens (tertiary/aromatic N) is 2. The molecule has 3 rings (SSSR count). The predicted octanol–water partition coefficient (Wildman–Crippen LogP) is 3.37. The molecule has 1 aliphatic rings. The molecule has 1 amide bonds. The van der Waals surface area contributed by atoms with Crippen LogP contribution in [0.25, 0.3) is 0 Å². The lowest BCUT2D eigenvalue weighted by molar-refractivity contribution is -0.137. The first-order valence-corrected chi connectivity index (χ1v) is 9.40. The molecule has 1 saturated heterocycles. The molecule has 0 saturated carbocycles. The number of aryl methyl sites for hydroxylation is 2. The highest BCUT2D eigenvalue weighted by molar-refractivity contribution is 7.07. The molecule has 2 atom stereocenters. The third-order valence-corrected chi connectivity index (χ3v) is 5.70. The maximum absolute atomic E-state index is 12.9. The topological polar surface area (TPSA) is 55.5 Å². The molecule has 2 aromatic heterocycles. The van der Waals surface area contributed by atoms with Gasteiger partial charge in [0.25, 0.3) is 0 Å². The smallest absolute Gasteiger partial charge is 0.307 e. The maximum atomic E-state index is 12.9. The van der Waals surface area contributed by atoms with Gasteiger partial charge in [-0.15, -0.1) is 0 Å². The molecule has 1 fully saturated rings. The Morgan fingerprint density at radius 2 is 2.21 bits per heavy atom. The van der Waals surface area contributed by atoms with E-state index < -0.39 is 0 Å². The van der Waals surface area contributed by atoms with Crippen molar-refractivity contribution in [1.29, 1.82) is 0 Å². The highest BCUT2D eigenvalue weighted by Gasteiger charge is 2.33. The Hall–Kier alpha value is -1.82. The molecular weight excluding hydrogens is 324 g/mol. The van der Waals surface area contributed by atoms with E-state index in [1.165, 1.54) is 0 Å². The van der Waals surface area contributed by atoms with Gasteiger partial charge in [-0.25, -0.2) is 0 Å². The van der Waals surface area contributed by atoms with Gasteiger partial charge in [0, 0.05) is 24.0 Å². The molecule has 130 valence electrons. The second-order valence-corrected chi connectivity index (χ2v) is 7.44. The van der Waals surface area contributed by atoms with Gasteiger partial charge in [-0.05, 0) is 37.8 Å². The zero-order valence-corrected chi connectivity index (χ0v) is 15.3.